The molecule has 0 aliphatic heterocycles. The third-order valence-electron chi connectivity index (χ3n) is 6.52. The molecule has 2 saturated carbocycles. The molecule has 0 radical (unpaired) electrons. The van der Waals surface area contributed by atoms with Gasteiger partial charge in [-0.25, -0.2) is 4.68 Å². The molecular formula is C23H33N5OS. The first kappa shape index (κ1) is 21.2. The van der Waals surface area contributed by atoms with Crippen LogP contribution in [0.25, 0.3) is 11.4 Å². The molecule has 0 unspecified atom stereocenters. The minimum Gasteiger partial charge on any atom is -0.336 e. The number of nitrogens with two attached hydrogens (primary N) is 1. The van der Waals surface area contributed by atoms with Crippen LogP contribution < -0.4 is 5.84 Å². The molecule has 2 aliphatic rings. The second-order valence-corrected chi connectivity index (χ2v) is 9.66. The van der Waals surface area contributed by atoms with Crippen LogP contribution in [0.3, 0.4) is 0 Å². The highest BCUT2D eigenvalue weighted by Gasteiger charge is 2.32. The van der Waals surface area contributed by atoms with E-state index in [0.717, 1.165) is 31.2 Å². The summed E-state index contributed by atoms with van der Waals surface area (Å²) in [6.45, 7) is 2.05. The first-order valence-electron chi connectivity index (χ1n) is 11.3. The lowest BCUT2D eigenvalue weighted by molar-refractivity contribution is -0.135. The van der Waals surface area contributed by atoms with Gasteiger partial charge in [0.1, 0.15) is 0 Å². The van der Waals surface area contributed by atoms with Gasteiger partial charge in [-0.2, -0.15) is 0 Å². The molecule has 0 atom stereocenters. The molecule has 4 rings (SSSR count). The number of hydrogen-bond acceptors (Lipinski definition) is 5. The summed E-state index contributed by atoms with van der Waals surface area (Å²) in [5.74, 6) is 7.50. The lowest BCUT2D eigenvalue weighted by atomic mass is 9.88. The number of rotatable bonds is 6. The molecule has 1 aromatic carbocycles. The molecular weight excluding hydrogens is 394 g/mol. The van der Waals surface area contributed by atoms with Crippen LogP contribution in [0.1, 0.15) is 69.8 Å². The summed E-state index contributed by atoms with van der Waals surface area (Å²) in [5, 5.41) is 9.10. The highest BCUT2D eigenvalue weighted by molar-refractivity contribution is 7.99. The van der Waals surface area contributed by atoms with Crippen LogP contribution in [0, 0.1) is 6.92 Å². The topological polar surface area (TPSA) is 77.0 Å². The summed E-state index contributed by atoms with van der Waals surface area (Å²) in [6.07, 6.45) is 12.2. The summed E-state index contributed by atoms with van der Waals surface area (Å²) < 4.78 is 1.51. The maximum Gasteiger partial charge on any atom is 0.233 e. The summed E-state index contributed by atoms with van der Waals surface area (Å²) in [5.41, 5.74) is 2.12. The van der Waals surface area contributed by atoms with Gasteiger partial charge in [0, 0.05) is 17.6 Å². The largest absolute Gasteiger partial charge is 0.336 e. The van der Waals surface area contributed by atoms with E-state index in [4.69, 9.17) is 5.84 Å². The van der Waals surface area contributed by atoms with E-state index < -0.39 is 0 Å². The first-order chi connectivity index (χ1) is 14.6. The van der Waals surface area contributed by atoms with E-state index >= 15 is 0 Å². The zero-order valence-corrected chi connectivity index (χ0v) is 18.7. The van der Waals surface area contributed by atoms with Crippen LogP contribution >= 0.6 is 11.8 Å². The average molecular weight is 428 g/mol. The van der Waals surface area contributed by atoms with Crippen LogP contribution in [0.2, 0.25) is 0 Å². The van der Waals surface area contributed by atoms with E-state index in [-0.39, 0.29) is 5.91 Å². The van der Waals surface area contributed by atoms with E-state index in [0.29, 0.717) is 28.8 Å². The molecule has 7 heteroatoms. The lowest BCUT2D eigenvalue weighted by Gasteiger charge is -2.41. The van der Waals surface area contributed by atoms with Crippen molar-refractivity contribution < 1.29 is 4.79 Å². The van der Waals surface area contributed by atoms with Crippen molar-refractivity contribution >= 4 is 17.7 Å². The average Bonchev–Trinajstić information content (AvgIpc) is 3.15. The fourth-order valence-corrected chi connectivity index (χ4v) is 5.63. The first-order valence-corrected chi connectivity index (χ1v) is 12.3. The predicted octanol–water partition coefficient (Wildman–Crippen LogP) is 4.55. The normalized spacial score (nSPS) is 18.4. The third-order valence-corrected chi connectivity index (χ3v) is 7.45. The smallest absolute Gasteiger partial charge is 0.233 e. The molecule has 1 aromatic heterocycles. The van der Waals surface area contributed by atoms with Crippen LogP contribution in [0.5, 0.6) is 0 Å². The maximum absolute atomic E-state index is 13.3. The molecule has 0 saturated heterocycles. The van der Waals surface area contributed by atoms with Crippen LogP contribution in [-0.4, -0.2) is 43.5 Å². The Morgan fingerprint density at radius 3 is 2.13 bits per heavy atom. The van der Waals surface area contributed by atoms with Crippen molar-refractivity contribution in [2.45, 2.75) is 88.4 Å². The van der Waals surface area contributed by atoms with E-state index in [2.05, 4.69) is 15.1 Å². The Labute approximate surface area is 183 Å². The molecule has 162 valence electrons. The molecule has 2 aliphatic carbocycles. The number of aromatic nitrogens is 3. The van der Waals surface area contributed by atoms with Gasteiger partial charge < -0.3 is 10.7 Å². The van der Waals surface area contributed by atoms with Gasteiger partial charge in [0.2, 0.25) is 11.1 Å². The number of carbonyl (C=O) groups is 1. The van der Waals surface area contributed by atoms with Gasteiger partial charge in [0.05, 0.1) is 5.75 Å². The zero-order chi connectivity index (χ0) is 20.9. The molecule has 2 aromatic rings. The second kappa shape index (κ2) is 9.86. The molecule has 6 nitrogen and oxygen atoms in total. The van der Waals surface area contributed by atoms with E-state index in [1.54, 1.807) is 0 Å². The van der Waals surface area contributed by atoms with Crippen molar-refractivity contribution in [1.82, 2.24) is 19.8 Å². The molecule has 2 N–H and O–H groups in total. The number of nitrogens with zero attached hydrogens (tertiary/aromatic N) is 4. The van der Waals surface area contributed by atoms with Gasteiger partial charge in [-0.3, -0.25) is 4.79 Å². The molecule has 0 spiro atoms. The number of nitrogen functional groups attached to an aromatic ring is 1. The molecule has 30 heavy (non-hydrogen) atoms. The molecule has 1 amide bonds. The summed E-state index contributed by atoms with van der Waals surface area (Å²) >= 11 is 1.40. The monoisotopic (exact) mass is 427 g/mol. The van der Waals surface area contributed by atoms with Gasteiger partial charge in [-0.05, 0) is 32.6 Å². The summed E-state index contributed by atoms with van der Waals surface area (Å²) in [4.78, 5) is 15.6. The minimum absolute atomic E-state index is 0.235. The van der Waals surface area contributed by atoms with Gasteiger partial charge in [-0.1, -0.05) is 80.1 Å². The Balaban J connectivity index is 1.44. The number of amides is 1. The van der Waals surface area contributed by atoms with E-state index in [9.17, 15) is 4.79 Å². The molecule has 0 bridgehead atoms. The van der Waals surface area contributed by atoms with Crippen molar-refractivity contribution in [3.05, 3.63) is 29.8 Å². The SMILES string of the molecule is Cc1ccc(-c2nnc(SCC(=O)N(C3CCCCC3)C3CCCCC3)n2N)cc1. The van der Waals surface area contributed by atoms with Gasteiger partial charge >= 0.3 is 0 Å². The second-order valence-electron chi connectivity index (χ2n) is 8.72. The van der Waals surface area contributed by atoms with Crippen LogP contribution in [0.4, 0.5) is 0 Å². The van der Waals surface area contributed by atoms with E-state index in [1.807, 2.05) is 31.2 Å². The fraction of sp³-hybridized carbons (Fsp3) is 0.609. The quantitative estimate of drug-likeness (QED) is 0.540. The Hall–Kier alpha value is -2.02. The predicted molar refractivity (Wildman–Crippen MR) is 122 cm³/mol. The van der Waals surface area contributed by atoms with Crippen molar-refractivity contribution in [2.75, 3.05) is 11.6 Å². The zero-order valence-electron chi connectivity index (χ0n) is 17.9. The summed E-state index contributed by atoms with van der Waals surface area (Å²) in [6, 6.07) is 8.88. The number of carbonyl (C=O) groups excluding carboxylic acids is 1. The highest BCUT2D eigenvalue weighted by Crippen LogP contribution is 2.31. The minimum atomic E-state index is 0.235. The highest BCUT2D eigenvalue weighted by atomic mass is 32.2. The Bertz CT molecular complexity index is 820. The number of thioether (sulfide) groups is 1. The van der Waals surface area contributed by atoms with Crippen molar-refractivity contribution in [2.24, 2.45) is 0 Å². The van der Waals surface area contributed by atoms with Crippen molar-refractivity contribution in [3.8, 4) is 11.4 Å². The summed E-state index contributed by atoms with van der Waals surface area (Å²) in [7, 11) is 0. The Morgan fingerprint density at radius 1 is 1.00 bits per heavy atom. The van der Waals surface area contributed by atoms with Crippen LogP contribution in [-0.2, 0) is 4.79 Å². The Kier molecular flexibility index (Phi) is 6.97. The standard InChI is InChI=1S/C23H33N5OS/c1-17-12-14-18(15-13-17)22-25-26-23(28(22)24)30-16-21(29)27(19-8-4-2-5-9-19)20-10-6-3-7-11-20/h12-15,19-20H,2-11,16,24H2,1H3. The van der Waals surface area contributed by atoms with Gasteiger partial charge in [-0.15, -0.1) is 10.2 Å². The molecule has 1 heterocycles. The number of hydrogen-bond donors (Lipinski definition) is 1. The Morgan fingerprint density at radius 2 is 1.57 bits per heavy atom. The van der Waals surface area contributed by atoms with Crippen molar-refractivity contribution in [1.29, 1.82) is 0 Å². The van der Waals surface area contributed by atoms with Gasteiger partial charge in [0.25, 0.3) is 0 Å². The van der Waals surface area contributed by atoms with Crippen molar-refractivity contribution in [3.63, 3.8) is 0 Å². The number of aryl methyl sites for hydroxylation is 1. The number of benzene rings is 1. The third kappa shape index (κ3) is 4.82. The van der Waals surface area contributed by atoms with E-state index in [1.165, 1.54) is 60.5 Å². The fourth-order valence-electron chi connectivity index (χ4n) is 4.90. The lowest BCUT2D eigenvalue weighted by Crippen LogP contribution is -2.49. The van der Waals surface area contributed by atoms with Crippen LogP contribution in [0.15, 0.2) is 29.4 Å². The maximum atomic E-state index is 13.3. The van der Waals surface area contributed by atoms with Gasteiger partial charge in [0.15, 0.2) is 5.82 Å². The molecule has 2 fully saturated rings.